The summed E-state index contributed by atoms with van der Waals surface area (Å²) in [7, 11) is -1.14. The maximum atomic E-state index is 12.2. The van der Waals surface area contributed by atoms with Gasteiger partial charge in [0.15, 0.2) is 0 Å². The summed E-state index contributed by atoms with van der Waals surface area (Å²) in [4.78, 5) is 0. The first-order valence-electron chi connectivity index (χ1n) is 5.22. The van der Waals surface area contributed by atoms with E-state index in [9.17, 15) is 13.0 Å². The van der Waals surface area contributed by atoms with Gasteiger partial charge >= 0.3 is 6.61 Å². The molecule has 18 heavy (non-hydrogen) atoms. The number of hydrogen-bond donors (Lipinski definition) is 0. The van der Waals surface area contributed by atoms with Crippen molar-refractivity contribution in [3.63, 3.8) is 0 Å². The highest BCUT2D eigenvalue weighted by Gasteiger charge is 2.12. The fourth-order valence-electron chi connectivity index (χ4n) is 1.31. The summed E-state index contributed by atoms with van der Waals surface area (Å²) < 4.78 is 41.3. The molecule has 100 valence electrons. The summed E-state index contributed by atoms with van der Waals surface area (Å²) in [6.45, 7) is -1.05. The van der Waals surface area contributed by atoms with Crippen LogP contribution >= 0.6 is 15.9 Å². The number of allylic oxidation sites excluding steroid dienone is 1. The summed E-state index contributed by atoms with van der Waals surface area (Å²) >= 11 is 3.25. The van der Waals surface area contributed by atoms with Gasteiger partial charge in [-0.25, -0.2) is 0 Å². The Morgan fingerprint density at radius 2 is 2.22 bits per heavy atom. The van der Waals surface area contributed by atoms with Gasteiger partial charge in [0, 0.05) is 26.6 Å². The highest BCUT2D eigenvalue weighted by molar-refractivity contribution is 9.10. The first-order chi connectivity index (χ1) is 8.52. The molecular formula is C12H13BrF2O2S. The normalized spacial score (nSPS) is 13.2. The van der Waals surface area contributed by atoms with Gasteiger partial charge in [0.1, 0.15) is 5.75 Å². The summed E-state index contributed by atoms with van der Waals surface area (Å²) in [6, 6.07) is 4.69. The van der Waals surface area contributed by atoms with Gasteiger partial charge in [-0.1, -0.05) is 28.1 Å². The first kappa shape index (κ1) is 15.3. The van der Waals surface area contributed by atoms with Crippen LogP contribution in [0.1, 0.15) is 12.5 Å². The molecule has 0 aliphatic rings. The summed E-state index contributed by atoms with van der Waals surface area (Å²) in [5.74, 6) is 0.658. The SMILES string of the molecule is C/C=C/CS(=O)Cc1cc(Br)ccc1OC(F)F. The van der Waals surface area contributed by atoms with E-state index in [4.69, 9.17) is 0 Å². The van der Waals surface area contributed by atoms with E-state index in [1.165, 1.54) is 6.07 Å². The van der Waals surface area contributed by atoms with Crippen molar-refractivity contribution in [1.29, 1.82) is 0 Å². The van der Waals surface area contributed by atoms with Crippen molar-refractivity contribution in [2.45, 2.75) is 19.3 Å². The van der Waals surface area contributed by atoms with Crippen LogP contribution in [-0.2, 0) is 16.6 Å². The average Bonchev–Trinajstić information content (AvgIpc) is 2.29. The molecule has 1 aromatic rings. The minimum Gasteiger partial charge on any atom is -0.435 e. The molecule has 0 heterocycles. The molecule has 0 saturated carbocycles. The maximum Gasteiger partial charge on any atom is 0.387 e. The van der Waals surface area contributed by atoms with Crippen molar-refractivity contribution in [3.05, 3.63) is 40.4 Å². The van der Waals surface area contributed by atoms with Crippen LogP contribution < -0.4 is 4.74 Å². The van der Waals surface area contributed by atoms with Crippen LogP contribution in [0.25, 0.3) is 0 Å². The lowest BCUT2D eigenvalue weighted by atomic mass is 10.2. The third kappa shape index (κ3) is 5.27. The van der Waals surface area contributed by atoms with Crippen LogP contribution in [0.4, 0.5) is 8.78 Å². The second-order valence-corrected chi connectivity index (χ2v) is 5.87. The van der Waals surface area contributed by atoms with Crippen LogP contribution in [0.15, 0.2) is 34.8 Å². The topological polar surface area (TPSA) is 26.3 Å². The summed E-state index contributed by atoms with van der Waals surface area (Å²) in [6.07, 6.45) is 3.58. The minimum absolute atomic E-state index is 0.0713. The molecule has 6 heteroatoms. The molecular weight excluding hydrogens is 326 g/mol. The largest absolute Gasteiger partial charge is 0.435 e. The van der Waals surface area contributed by atoms with E-state index in [1.54, 1.807) is 24.3 Å². The van der Waals surface area contributed by atoms with E-state index in [1.807, 2.05) is 6.92 Å². The molecule has 0 bridgehead atoms. The van der Waals surface area contributed by atoms with Crippen molar-refractivity contribution < 1.29 is 17.7 Å². The standard InChI is InChI=1S/C12H13BrF2O2S/c1-2-3-6-18(16)8-9-7-10(13)4-5-11(9)17-12(14)15/h2-5,7,12H,6,8H2,1H3/b3-2+. The Kier molecular flexibility index (Phi) is 6.49. The Hall–Kier alpha value is -0.750. The van der Waals surface area contributed by atoms with Crippen LogP contribution in [0.3, 0.4) is 0 Å². The van der Waals surface area contributed by atoms with Gasteiger partial charge in [0.25, 0.3) is 0 Å². The van der Waals surface area contributed by atoms with E-state index in [-0.39, 0.29) is 11.5 Å². The molecule has 2 nitrogen and oxygen atoms in total. The van der Waals surface area contributed by atoms with E-state index in [0.717, 1.165) is 4.47 Å². The zero-order valence-corrected chi connectivity index (χ0v) is 12.1. The fraction of sp³-hybridized carbons (Fsp3) is 0.333. The molecule has 0 aliphatic carbocycles. The molecule has 1 atom stereocenters. The number of halogens is 3. The highest BCUT2D eigenvalue weighted by atomic mass is 79.9. The van der Waals surface area contributed by atoms with E-state index in [2.05, 4.69) is 20.7 Å². The maximum absolute atomic E-state index is 12.2. The Labute approximate surface area is 116 Å². The number of ether oxygens (including phenoxy) is 1. The van der Waals surface area contributed by atoms with Crippen LogP contribution in [0.2, 0.25) is 0 Å². The lowest BCUT2D eigenvalue weighted by Crippen LogP contribution is -2.06. The number of benzene rings is 1. The number of alkyl halides is 2. The molecule has 1 unspecified atom stereocenters. The van der Waals surface area contributed by atoms with Crippen LogP contribution in [0, 0.1) is 0 Å². The quantitative estimate of drug-likeness (QED) is 0.736. The molecule has 0 fully saturated rings. The smallest absolute Gasteiger partial charge is 0.387 e. The molecule has 0 saturated heterocycles. The van der Waals surface area contributed by atoms with Crippen molar-refractivity contribution in [3.8, 4) is 5.75 Å². The lowest BCUT2D eigenvalue weighted by molar-refractivity contribution is -0.0503. The Balaban J connectivity index is 2.84. The van der Waals surface area contributed by atoms with E-state index >= 15 is 0 Å². The van der Waals surface area contributed by atoms with E-state index < -0.39 is 17.4 Å². The van der Waals surface area contributed by atoms with Crippen molar-refractivity contribution in [2.75, 3.05) is 5.75 Å². The molecule has 0 spiro atoms. The molecule has 0 aromatic heterocycles. The average molecular weight is 339 g/mol. The van der Waals surface area contributed by atoms with Gasteiger partial charge in [-0.3, -0.25) is 4.21 Å². The molecule has 1 rings (SSSR count). The van der Waals surface area contributed by atoms with Crippen molar-refractivity contribution in [1.82, 2.24) is 0 Å². The molecule has 0 radical (unpaired) electrons. The molecule has 0 N–H and O–H groups in total. The minimum atomic E-state index is -2.88. The van der Waals surface area contributed by atoms with Crippen molar-refractivity contribution in [2.24, 2.45) is 0 Å². The Bertz CT molecular complexity index is 450. The monoisotopic (exact) mass is 338 g/mol. The number of hydrogen-bond acceptors (Lipinski definition) is 2. The first-order valence-corrected chi connectivity index (χ1v) is 7.50. The Morgan fingerprint density at radius 3 is 2.83 bits per heavy atom. The predicted molar refractivity (Wildman–Crippen MR) is 72.3 cm³/mol. The second kappa shape index (κ2) is 7.63. The molecule has 1 aromatic carbocycles. The number of rotatable bonds is 6. The van der Waals surface area contributed by atoms with Crippen molar-refractivity contribution >= 4 is 26.7 Å². The molecule has 0 amide bonds. The second-order valence-electron chi connectivity index (χ2n) is 3.45. The van der Waals surface area contributed by atoms with Gasteiger partial charge in [-0.2, -0.15) is 8.78 Å². The van der Waals surface area contributed by atoms with Gasteiger partial charge in [0.2, 0.25) is 0 Å². The van der Waals surface area contributed by atoms with Gasteiger partial charge in [0.05, 0.1) is 5.75 Å². The van der Waals surface area contributed by atoms with Gasteiger partial charge in [-0.05, 0) is 25.1 Å². The summed E-state index contributed by atoms with van der Waals surface area (Å²) in [5, 5.41) is 0. The highest BCUT2D eigenvalue weighted by Crippen LogP contribution is 2.26. The van der Waals surface area contributed by atoms with Crippen LogP contribution in [-0.4, -0.2) is 16.6 Å². The molecule has 0 aliphatic heterocycles. The predicted octanol–water partition coefficient (Wildman–Crippen LogP) is 3.88. The third-order valence-electron chi connectivity index (χ3n) is 2.07. The zero-order valence-electron chi connectivity index (χ0n) is 9.74. The van der Waals surface area contributed by atoms with Gasteiger partial charge < -0.3 is 4.74 Å². The van der Waals surface area contributed by atoms with Crippen LogP contribution in [0.5, 0.6) is 5.75 Å². The fourth-order valence-corrected chi connectivity index (χ4v) is 2.81. The summed E-state index contributed by atoms with van der Waals surface area (Å²) in [5.41, 5.74) is 0.507. The third-order valence-corrected chi connectivity index (χ3v) is 3.76. The zero-order chi connectivity index (χ0) is 13.5. The Morgan fingerprint density at radius 1 is 1.50 bits per heavy atom. The lowest BCUT2D eigenvalue weighted by Gasteiger charge is -2.10. The van der Waals surface area contributed by atoms with Gasteiger partial charge in [-0.15, -0.1) is 0 Å². The van der Waals surface area contributed by atoms with E-state index in [0.29, 0.717) is 11.3 Å².